The number of hydrogen-bond acceptors (Lipinski definition) is 3. The number of amides is 2. The fourth-order valence-electron chi connectivity index (χ4n) is 4.03. The Balaban J connectivity index is 1.84. The molecule has 4 atom stereocenters. The minimum atomic E-state index is -0.260. The summed E-state index contributed by atoms with van der Waals surface area (Å²) in [4.78, 5) is 24.9. The summed E-state index contributed by atoms with van der Waals surface area (Å²) < 4.78 is 5.20. The molecular weight excluding hydrogens is 280 g/mol. The Morgan fingerprint density at radius 2 is 1.91 bits per heavy atom. The summed E-state index contributed by atoms with van der Waals surface area (Å²) in [5.74, 6) is 0.474. The van der Waals surface area contributed by atoms with Gasteiger partial charge >= 0.3 is 6.09 Å². The van der Waals surface area contributed by atoms with E-state index in [1.165, 1.54) is 7.11 Å². The number of quaternary nitrogens is 1. The van der Waals surface area contributed by atoms with Crippen molar-refractivity contribution < 1.29 is 18.8 Å². The van der Waals surface area contributed by atoms with Crippen molar-refractivity contribution in [2.75, 3.05) is 14.2 Å². The summed E-state index contributed by atoms with van der Waals surface area (Å²) in [6, 6.07) is 9.38. The number of nitrogens with zero attached hydrogens (tertiary/aromatic N) is 1. The third-order valence-electron chi connectivity index (χ3n) is 5.38. The number of likely N-dealkylation sites (tertiary alicyclic amines) is 1. The van der Waals surface area contributed by atoms with Gasteiger partial charge < -0.3 is 10.1 Å². The number of carbonyl (C=O) groups is 2. The lowest BCUT2D eigenvalue weighted by atomic mass is 9.94. The average molecular weight is 303 g/mol. The van der Waals surface area contributed by atoms with E-state index in [1.807, 2.05) is 25.2 Å². The summed E-state index contributed by atoms with van der Waals surface area (Å²) >= 11 is 0. The summed E-state index contributed by atoms with van der Waals surface area (Å²) in [5, 5.41) is 3.07. The van der Waals surface area contributed by atoms with Gasteiger partial charge in [0.25, 0.3) is 5.91 Å². The maximum absolute atomic E-state index is 12.5. The first kappa shape index (κ1) is 15.0. The molecule has 1 saturated carbocycles. The number of piperidine rings is 1. The van der Waals surface area contributed by atoms with Crippen molar-refractivity contribution in [3.8, 4) is 0 Å². The van der Waals surface area contributed by atoms with Crippen molar-refractivity contribution in [3.05, 3.63) is 35.9 Å². The number of rotatable bonds is 2. The van der Waals surface area contributed by atoms with E-state index in [4.69, 9.17) is 4.74 Å². The first-order valence-corrected chi connectivity index (χ1v) is 7.86. The van der Waals surface area contributed by atoms with Crippen LogP contribution in [-0.2, 0) is 4.74 Å². The minimum absolute atomic E-state index is 0.125. The van der Waals surface area contributed by atoms with Gasteiger partial charge in [-0.1, -0.05) is 18.2 Å². The lowest BCUT2D eigenvalue weighted by Crippen LogP contribution is -2.68. The van der Waals surface area contributed by atoms with Gasteiger partial charge in [-0.05, 0) is 24.5 Å². The molecule has 1 aromatic carbocycles. The van der Waals surface area contributed by atoms with Crippen molar-refractivity contribution in [1.29, 1.82) is 0 Å². The molecule has 5 heteroatoms. The molecule has 2 amide bonds. The smallest absolute Gasteiger partial charge is 0.423 e. The number of fused-ring (bicyclic) bond motifs is 2. The largest absolute Gasteiger partial charge is 0.517 e. The van der Waals surface area contributed by atoms with E-state index in [2.05, 4.69) is 5.32 Å². The molecular formula is C17H23N2O3+. The molecule has 1 aliphatic carbocycles. The molecule has 0 aromatic heterocycles. The Kier molecular flexibility index (Phi) is 3.91. The second-order valence-corrected chi connectivity index (χ2v) is 6.54. The summed E-state index contributed by atoms with van der Waals surface area (Å²) in [5.41, 5.74) is 0.622. The summed E-state index contributed by atoms with van der Waals surface area (Å²) in [6.07, 6.45) is 3.56. The fraction of sp³-hybridized carbons (Fsp3) is 0.529. The molecule has 0 spiro atoms. The Labute approximate surface area is 130 Å². The van der Waals surface area contributed by atoms with Crippen LogP contribution in [0.25, 0.3) is 0 Å². The van der Waals surface area contributed by atoms with E-state index in [0.29, 0.717) is 11.5 Å². The second kappa shape index (κ2) is 5.72. The molecule has 5 nitrogen and oxygen atoms in total. The highest BCUT2D eigenvalue weighted by Gasteiger charge is 2.56. The van der Waals surface area contributed by atoms with Crippen molar-refractivity contribution in [3.63, 3.8) is 0 Å². The maximum atomic E-state index is 12.5. The Morgan fingerprint density at radius 3 is 2.59 bits per heavy atom. The molecule has 22 heavy (non-hydrogen) atoms. The number of ether oxygens (including phenoxy) is 1. The summed E-state index contributed by atoms with van der Waals surface area (Å²) in [7, 11) is 3.32. The van der Waals surface area contributed by atoms with Gasteiger partial charge in [-0.2, -0.15) is 4.79 Å². The van der Waals surface area contributed by atoms with Crippen molar-refractivity contribution in [1.82, 2.24) is 5.32 Å². The molecule has 118 valence electrons. The van der Waals surface area contributed by atoms with Gasteiger partial charge in [-0.25, -0.2) is 4.48 Å². The molecule has 3 rings (SSSR count). The Bertz CT molecular complexity index is 575. The van der Waals surface area contributed by atoms with Crippen LogP contribution in [0.4, 0.5) is 4.79 Å². The third-order valence-corrected chi connectivity index (χ3v) is 5.38. The predicted octanol–water partition coefficient (Wildman–Crippen LogP) is 2.53. The van der Waals surface area contributed by atoms with Gasteiger partial charge in [0.05, 0.1) is 14.2 Å². The van der Waals surface area contributed by atoms with Gasteiger partial charge in [-0.15, -0.1) is 0 Å². The van der Waals surface area contributed by atoms with E-state index < -0.39 is 0 Å². The van der Waals surface area contributed by atoms with Gasteiger partial charge in [0.15, 0.2) is 6.17 Å². The topological polar surface area (TPSA) is 55.4 Å². The zero-order valence-corrected chi connectivity index (χ0v) is 13.1. The van der Waals surface area contributed by atoms with Crippen LogP contribution in [0.15, 0.2) is 30.3 Å². The summed E-state index contributed by atoms with van der Waals surface area (Å²) in [6.45, 7) is 0. The second-order valence-electron chi connectivity index (χ2n) is 6.54. The van der Waals surface area contributed by atoms with Crippen LogP contribution in [0.2, 0.25) is 0 Å². The van der Waals surface area contributed by atoms with E-state index >= 15 is 0 Å². The number of methoxy groups -OCH3 is 1. The van der Waals surface area contributed by atoms with Crippen LogP contribution in [0.1, 0.15) is 36.0 Å². The van der Waals surface area contributed by atoms with Crippen LogP contribution < -0.4 is 5.32 Å². The molecule has 1 saturated heterocycles. The highest BCUT2D eigenvalue weighted by molar-refractivity contribution is 5.94. The zero-order valence-electron chi connectivity index (χ0n) is 13.1. The molecule has 2 aliphatic rings. The Morgan fingerprint density at radius 1 is 1.18 bits per heavy atom. The number of benzene rings is 1. The normalized spacial score (nSPS) is 33.3. The van der Waals surface area contributed by atoms with Crippen LogP contribution >= 0.6 is 0 Å². The first-order valence-electron chi connectivity index (χ1n) is 7.86. The number of hydrogen-bond donors (Lipinski definition) is 1. The third kappa shape index (κ3) is 2.39. The quantitative estimate of drug-likeness (QED) is 0.854. The van der Waals surface area contributed by atoms with Crippen LogP contribution in [0.5, 0.6) is 0 Å². The molecule has 2 fully saturated rings. The molecule has 3 unspecified atom stereocenters. The van der Waals surface area contributed by atoms with Gasteiger partial charge in [0, 0.05) is 24.8 Å². The zero-order chi connectivity index (χ0) is 15.7. The van der Waals surface area contributed by atoms with Gasteiger partial charge in [0.2, 0.25) is 0 Å². The molecule has 1 aliphatic heterocycles. The average Bonchev–Trinajstić information content (AvgIpc) is 2.97. The SMILES string of the molecule is COC(=O)[N+]1(C)C(NC(=O)c2ccccc2)CC2CC[C@@H]1C2. The van der Waals surface area contributed by atoms with Gasteiger partial charge in [0.1, 0.15) is 6.04 Å². The van der Waals surface area contributed by atoms with Crippen LogP contribution in [0.3, 0.4) is 0 Å². The number of nitrogens with one attached hydrogen (secondary N) is 1. The van der Waals surface area contributed by atoms with Crippen molar-refractivity contribution >= 4 is 12.0 Å². The lowest BCUT2D eigenvalue weighted by molar-refractivity contribution is -0.894. The van der Waals surface area contributed by atoms with Crippen molar-refractivity contribution in [2.24, 2.45) is 5.92 Å². The minimum Gasteiger partial charge on any atom is -0.423 e. The van der Waals surface area contributed by atoms with Crippen LogP contribution in [-0.4, -0.2) is 42.8 Å². The maximum Gasteiger partial charge on any atom is 0.517 e. The van der Waals surface area contributed by atoms with E-state index in [0.717, 1.165) is 25.7 Å². The monoisotopic (exact) mass is 303 g/mol. The predicted molar refractivity (Wildman–Crippen MR) is 82.0 cm³/mol. The molecule has 1 N–H and O–H groups in total. The first-order chi connectivity index (χ1) is 10.6. The lowest BCUT2D eigenvalue weighted by Gasteiger charge is -2.44. The fourth-order valence-corrected chi connectivity index (χ4v) is 4.03. The highest BCUT2D eigenvalue weighted by Crippen LogP contribution is 2.43. The number of carbonyl (C=O) groups excluding carboxylic acids is 2. The Hall–Kier alpha value is -1.88. The molecule has 1 aromatic rings. The highest BCUT2D eigenvalue weighted by atomic mass is 16.5. The van der Waals surface area contributed by atoms with E-state index in [-0.39, 0.29) is 28.7 Å². The van der Waals surface area contributed by atoms with E-state index in [9.17, 15) is 9.59 Å². The van der Waals surface area contributed by atoms with Crippen LogP contribution in [0, 0.1) is 5.92 Å². The molecule has 2 bridgehead atoms. The van der Waals surface area contributed by atoms with Gasteiger partial charge in [-0.3, -0.25) is 4.79 Å². The molecule has 1 heterocycles. The van der Waals surface area contributed by atoms with Crippen molar-refractivity contribution in [2.45, 2.75) is 37.9 Å². The molecule has 0 radical (unpaired) electrons. The van der Waals surface area contributed by atoms with E-state index in [1.54, 1.807) is 12.1 Å². The standard InChI is InChI=1S/C17H22N2O3/c1-19(17(21)22-2)14-9-8-12(10-14)11-15(19)18-16(20)13-6-4-3-5-7-13/h3-7,12,14-15H,8-11H2,1-2H3/p+1/t12?,14-,15?,19?/m1/s1.